The van der Waals surface area contributed by atoms with Gasteiger partial charge in [0, 0.05) is 27.7 Å². The molecule has 0 saturated heterocycles. The van der Waals surface area contributed by atoms with Gasteiger partial charge in [-0.15, -0.1) is 0 Å². The Morgan fingerprint density at radius 1 is 0.765 bits per heavy atom. The first kappa shape index (κ1) is 24.0. The molecule has 0 unspecified atom stereocenters. The van der Waals surface area contributed by atoms with Gasteiger partial charge in [-0.1, -0.05) is 69.6 Å². The lowest BCUT2D eigenvalue weighted by molar-refractivity contribution is 0.414. The van der Waals surface area contributed by atoms with Gasteiger partial charge in [0.25, 0.3) is 0 Å². The van der Waals surface area contributed by atoms with E-state index in [4.69, 9.17) is 4.74 Å². The van der Waals surface area contributed by atoms with Crippen molar-refractivity contribution in [1.29, 1.82) is 0 Å². The molecule has 0 atom stereocenters. The lowest BCUT2D eigenvalue weighted by Crippen LogP contribution is -2.09. The smallest absolute Gasteiger partial charge is 0.144 e. The van der Waals surface area contributed by atoms with Gasteiger partial charge in [-0.25, -0.2) is 0 Å². The van der Waals surface area contributed by atoms with E-state index in [-0.39, 0.29) is 0 Å². The summed E-state index contributed by atoms with van der Waals surface area (Å²) in [5.41, 5.74) is 5.44. The highest BCUT2D eigenvalue weighted by molar-refractivity contribution is 5.86. The largest absolute Gasteiger partial charge is 0.494 e. The zero-order chi connectivity index (χ0) is 23.8. The van der Waals surface area contributed by atoms with Gasteiger partial charge in [0.1, 0.15) is 5.75 Å². The summed E-state index contributed by atoms with van der Waals surface area (Å²) in [7, 11) is 1.72. The summed E-state index contributed by atoms with van der Waals surface area (Å²) in [4.78, 5) is 10.6. The van der Waals surface area contributed by atoms with Crippen LogP contribution >= 0.6 is 0 Å². The Morgan fingerprint density at radius 3 is 2.29 bits per heavy atom. The van der Waals surface area contributed by atoms with Crippen LogP contribution < -0.4 is 15.4 Å². The van der Waals surface area contributed by atoms with Gasteiger partial charge in [-0.05, 0) is 56.2 Å². The van der Waals surface area contributed by atoms with E-state index in [2.05, 4.69) is 83.4 Å². The fourth-order valence-electron chi connectivity index (χ4n) is 4.59. The van der Waals surface area contributed by atoms with Crippen LogP contribution in [0.1, 0.15) is 76.0 Å². The van der Waals surface area contributed by atoms with E-state index in [0.29, 0.717) is 0 Å². The summed E-state index contributed by atoms with van der Waals surface area (Å²) in [5.74, 6) is 0.837. The van der Waals surface area contributed by atoms with Crippen molar-refractivity contribution in [3.05, 3.63) is 64.4 Å². The Kier molecular flexibility index (Phi) is 8.35. The molecule has 0 aliphatic heterocycles. The number of rotatable bonds is 12. The van der Waals surface area contributed by atoms with Crippen LogP contribution in [-0.2, 0) is 0 Å². The van der Waals surface area contributed by atoms with Crippen molar-refractivity contribution in [3.63, 3.8) is 0 Å². The van der Waals surface area contributed by atoms with Gasteiger partial charge < -0.3 is 19.7 Å². The predicted molar refractivity (Wildman–Crippen MR) is 145 cm³/mol. The highest BCUT2D eigenvalue weighted by Crippen LogP contribution is 2.29. The van der Waals surface area contributed by atoms with Crippen LogP contribution in [0, 0.1) is 6.92 Å². The Hall–Kier alpha value is -3.14. The van der Waals surface area contributed by atoms with Gasteiger partial charge in [0.2, 0.25) is 0 Å². The van der Waals surface area contributed by atoms with Crippen LogP contribution in [0.15, 0.2) is 42.5 Å². The number of aromatic nitrogens is 3. The number of aryl methyl sites for hydroxylation is 1. The molecule has 3 N–H and O–H groups in total. The van der Waals surface area contributed by atoms with E-state index in [0.717, 1.165) is 40.1 Å². The van der Waals surface area contributed by atoms with Crippen LogP contribution in [0.5, 0.6) is 5.75 Å². The first-order valence-electron chi connectivity index (χ1n) is 12.9. The second kappa shape index (κ2) is 11.8. The summed E-state index contributed by atoms with van der Waals surface area (Å²) in [6.07, 6.45) is 16.4. The zero-order valence-electron chi connectivity index (χ0n) is 21.0. The summed E-state index contributed by atoms with van der Waals surface area (Å²) < 4.78 is 5.65. The highest BCUT2D eigenvalue weighted by Gasteiger charge is 2.11. The van der Waals surface area contributed by atoms with Gasteiger partial charge >= 0.3 is 0 Å². The van der Waals surface area contributed by atoms with Crippen LogP contribution in [0.4, 0.5) is 0 Å². The fraction of sp³-hybridized carbons (Fsp3) is 0.400. The van der Waals surface area contributed by atoms with E-state index in [9.17, 15) is 0 Å². The van der Waals surface area contributed by atoms with Crippen molar-refractivity contribution in [1.82, 2.24) is 15.0 Å². The van der Waals surface area contributed by atoms with Gasteiger partial charge in [0.05, 0.1) is 24.2 Å². The number of fused-ring (bicyclic) bond motifs is 1. The predicted octanol–water partition coefficient (Wildman–Crippen LogP) is 6.95. The Labute approximate surface area is 203 Å². The first-order chi connectivity index (χ1) is 16.7. The zero-order valence-corrected chi connectivity index (χ0v) is 21.0. The van der Waals surface area contributed by atoms with Crippen LogP contribution in [0.2, 0.25) is 0 Å². The summed E-state index contributed by atoms with van der Waals surface area (Å²) in [6, 6.07) is 15.0. The molecule has 0 bridgehead atoms. The minimum atomic E-state index is 0.837. The van der Waals surface area contributed by atoms with Gasteiger partial charge in [-0.2, -0.15) is 0 Å². The normalized spacial score (nSPS) is 12.8. The molecule has 0 aliphatic rings. The number of benzene rings is 1. The number of H-pyrrole nitrogens is 3. The first-order valence-corrected chi connectivity index (χ1v) is 12.9. The molecule has 0 fully saturated rings. The molecule has 4 rings (SSSR count). The molecule has 0 spiro atoms. The Balaban J connectivity index is 1.40. The van der Waals surface area contributed by atoms with E-state index in [1.807, 2.05) is 0 Å². The number of hydrogen-bond acceptors (Lipinski definition) is 1. The molecule has 4 heteroatoms. The third-order valence-corrected chi connectivity index (χ3v) is 6.55. The number of aromatic amines is 3. The third kappa shape index (κ3) is 6.25. The van der Waals surface area contributed by atoms with Crippen LogP contribution in [0.25, 0.3) is 34.4 Å². The molecule has 0 saturated carbocycles. The number of ether oxygens (including phenoxy) is 1. The number of hydrogen-bond donors (Lipinski definition) is 3. The molecule has 4 nitrogen and oxygen atoms in total. The topological polar surface area (TPSA) is 56.6 Å². The lowest BCUT2D eigenvalue weighted by atomic mass is 10.1. The quantitative estimate of drug-likeness (QED) is 0.198. The average Bonchev–Trinajstić information content (AvgIpc) is 3.56. The van der Waals surface area contributed by atoms with Crippen molar-refractivity contribution in [2.24, 2.45) is 0 Å². The maximum absolute atomic E-state index is 5.65. The molecular formula is C30H39N3O. The van der Waals surface area contributed by atoms with Gasteiger partial charge in [-0.3, -0.25) is 0 Å². The fourth-order valence-corrected chi connectivity index (χ4v) is 4.59. The molecule has 3 heterocycles. The summed E-state index contributed by atoms with van der Waals surface area (Å²) in [5, 5.41) is 3.47. The maximum atomic E-state index is 5.65. The van der Waals surface area contributed by atoms with E-state index < -0.39 is 0 Å². The van der Waals surface area contributed by atoms with Crippen molar-refractivity contribution in [2.45, 2.75) is 71.6 Å². The SMILES string of the molecule is CCCCCCCCCCC=c1ccc(=Cc2[nH]c(-c3cc4cc(C)ccc4[nH]3)cc2OC)[nH]1. The minimum Gasteiger partial charge on any atom is -0.494 e. The molecule has 1 aromatic carbocycles. The standard InChI is InChI=1S/C30H39N3O/c1-4-5-6-7-8-9-10-11-12-13-24-15-16-25(31-24)20-29-30(34-3)21-28(33-29)27-19-23-18-22(2)14-17-26(23)32-27/h13-21,31-33H,4-12H2,1-3H3. The Bertz CT molecular complexity index is 1300. The molecule has 180 valence electrons. The van der Waals surface area contributed by atoms with Crippen molar-refractivity contribution >= 4 is 23.1 Å². The average molecular weight is 458 g/mol. The summed E-state index contributed by atoms with van der Waals surface area (Å²) >= 11 is 0. The molecule has 0 aliphatic carbocycles. The highest BCUT2D eigenvalue weighted by atomic mass is 16.5. The van der Waals surface area contributed by atoms with E-state index in [1.165, 1.54) is 67.7 Å². The number of unbranched alkanes of at least 4 members (excludes halogenated alkanes) is 8. The third-order valence-electron chi connectivity index (χ3n) is 6.55. The lowest BCUT2D eigenvalue weighted by Gasteiger charge is -1.99. The minimum absolute atomic E-state index is 0.837. The monoisotopic (exact) mass is 457 g/mol. The molecule has 0 radical (unpaired) electrons. The molecular weight excluding hydrogens is 418 g/mol. The van der Waals surface area contributed by atoms with Crippen molar-refractivity contribution in [2.75, 3.05) is 7.11 Å². The maximum Gasteiger partial charge on any atom is 0.144 e. The molecule has 34 heavy (non-hydrogen) atoms. The second-order valence-corrected chi connectivity index (χ2v) is 9.42. The van der Waals surface area contributed by atoms with Crippen molar-refractivity contribution < 1.29 is 4.74 Å². The van der Waals surface area contributed by atoms with Crippen molar-refractivity contribution in [3.8, 4) is 17.1 Å². The van der Waals surface area contributed by atoms with E-state index in [1.54, 1.807) is 7.11 Å². The molecule has 0 amide bonds. The second-order valence-electron chi connectivity index (χ2n) is 9.42. The summed E-state index contributed by atoms with van der Waals surface area (Å²) in [6.45, 7) is 4.39. The van der Waals surface area contributed by atoms with E-state index >= 15 is 0 Å². The number of nitrogens with one attached hydrogen (secondary N) is 3. The van der Waals surface area contributed by atoms with Crippen LogP contribution in [0.3, 0.4) is 0 Å². The molecule has 4 aromatic rings. The van der Waals surface area contributed by atoms with Crippen LogP contribution in [-0.4, -0.2) is 22.1 Å². The van der Waals surface area contributed by atoms with Gasteiger partial charge in [0.15, 0.2) is 0 Å². The Morgan fingerprint density at radius 2 is 1.50 bits per heavy atom. The molecule has 3 aromatic heterocycles. The number of methoxy groups -OCH3 is 1.